The van der Waals surface area contributed by atoms with E-state index in [9.17, 15) is 13.6 Å². The quantitative estimate of drug-likeness (QED) is 0.822. The molecule has 1 heterocycles. The summed E-state index contributed by atoms with van der Waals surface area (Å²) >= 11 is 0. The fourth-order valence-electron chi connectivity index (χ4n) is 2.45. The third kappa shape index (κ3) is 1.99. The van der Waals surface area contributed by atoms with Gasteiger partial charge >= 0.3 is 0 Å². The number of hydrogen-bond acceptors (Lipinski definition) is 2. The molecular weight excluding hydrogens is 238 g/mol. The summed E-state index contributed by atoms with van der Waals surface area (Å²) in [6, 6.07) is 3.09. The number of hydrogen-bond donors (Lipinski definition) is 1. The predicted molar refractivity (Wildman–Crippen MR) is 62.2 cm³/mol. The molecule has 3 rings (SSSR count). The molecule has 1 amide bonds. The molecule has 18 heavy (non-hydrogen) atoms. The van der Waals surface area contributed by atoms with Crippen molar-refractivity contribution in [2.75, 3.05) is 19.6 Å². The average Bonchev–Trinajstić information content (AvgIpc) is 3.08. The van der Waals surface area contributed by atoms with Crippen LogP contribution in [0.1, 0.15) is 23.2 Å². The fraction of sp³-hybridized carbons (Fsp3) is 0.462. The lowest BCUT2D eigenvalue weighted by Gasteiger charge is -2.34. The van der Waals surface area contributed by atoms with Crippen LogP contribution in [0, 0.1) is 11.6 Å². The van der Waals surface area contributed by atoms with Crippen molar-refractivity contribution in [3.63, 3.8) is 0 Å². The van der Waals surface area contributed by atoms with Crippen LogP contribution >= 0.6 is 0 Å². The predicted octanol–water partition coefficient (Wildman–Crippen LogP) is 1.54. The molecule has 1 spiro atoms. The van der Waals surface area contributed by atoms with E-state index >= 15 is 0 Å². The molecule has 3 nitrogen and oxygen atoms in total. The highest BCUT2D eigenvalue weighted by molar-refractivity contribution is 5.94. The van der Waals surface area contributed by atoms with Crippen molar-refractivity contribution in [1.29, 1.82) is 0 Å². The van der Waals surface area contributed by atoms with Crippen molar-refractivity contribution in [3.05, 3.63) is 35.4 Å². The molecule has 2 aliphatic rings. The third-order valence-electron chi connectivity index (χ3n) is 3.68. The van der Waals surface area contributed by atoms with Crippen LogP contribution < -0.4 is 5.32 Å². The SMILES string of the molecule is O=C(c1ccc(F)cc1F)N1CCNC2(CC2)C1. The molecule has 1 N–H and O–H groups in total. The van der Waals surface area contributed by atoms with Gasteiger partial charge in [-0.3, -0.25) is 4.79 Å². The van der Waals surface area contributed by atoms with Crippen LogP contribution in [-0.4, -0.2) is 36.0 Å². The van der Waals surface area contributed by atoms with Crippen LogP contribution in [0.25, 0.3) is 0 Å². The Hall–Kier alpha value is -1.49. The highest BCUT2D eigenvalue weighted by atomic mass is 19.1. The van der Waals surface area contributed by atoms with E-state index in [1.165, 1.54) is 6.07 Å². The summed E-state index contributed by atoms with van der Waals surface area (Å²) in [5.74, 6) is -1.80. The van der Waals surface area contributed by atoms with Crippen LogP contribution in [0.4, 0.5) is 8.78 Å². The summed E-state index contributed by atoms with van der Waals surface area (Å²) in [6.07, 6.45) is 2.12. The first kappa shape index (κ1) is 11.6. The molecule has 0 radical (unpaired) electrons. The number of benzene rings is 1. The summed E-state index contributed by atoms with van der Waals surface area (Å²) in [7, 11) is 0. The number of rotatable bonds is 1. The minimum absolute atomic E-state index is 0.0471. The van der Waals surface area contributed by atoms with E-state index in [1.54, 1.807) is 4.90 Å². The Morgan fingerprint density at radius 1 is 1.33 bits per heavy atom. The van der Waals surface area contributed by atoms with Gasteiger partial charge in [-0.1, -0.05) is 0 Å². The first-order valence-electron chi connectivity index (χ1n) is 6.09. The zero-order chi connectivity index (χ0) is 12.8. The maximum atomic E-state index is 13.6. The van der Waals surface area contributed by atoms with Crippen molar-refractivity contribution in [2.24, 2.45) is 0 Å². The van der Waals surface area contributed by atoms with Crippen molar-refractivity contribution >= 4 is 5.91 Å². The molecule has 96 valence electrons. The fourth-order valence-corrected chi connectivity index (χ4v) is 2.45. The maximum absolute atomic E-state index is 13.6. The Morgan fingerprint density at radius 2 is 2.11 bits per heavy atom. The molecule has 0 aromatic heterocycles. The van der Waals surface area contributed by atoms with Crippen LogP contribution in [0.5, 0.6) is 0 Å². The molecule has 1 aromatic carbocycles. The van der Waals surface area contributed by atoms with Gasteiger partial charge in [0, 0.05) is 31.2 Å². The summed E-state index contributed by atoms with van der Waals surface area (Å²) in [5, 5.41) is 3.38. The van der Waals surface area contributed by atoms with Crippen LogP contribution in [-0.2, 0) is 0 Å². The topological polar surface area (TPSA) is 32.3 Å². The zero-order valence-electron chi connectivity index (χ0n) is 9.88. The second kappa shape index (κ2) is 4.02. The standard InChI is InChI=1S/C13H14F2N2O/c14-9-1-2-10(11(15)7-9)12(18)17-6-5-16-13(8-17)3-4-13/h1-2,7,16H,3-6,8H2. The van der Waals surface area contributed by atoms with Gasteiger partial charge in [0.25, 0.3) is 5.91 Å². The number of carbonyl (C=O) groups excluding carboxylic acids is 1. The molecule has 0 bridgehead atoms. The molecule has 1 saturated heterocycles. The van der Waals surface area contributed by atoms with Crippen molar-refractivity contribution in [1.82, 2.24) is 10.2 Å². The Labute approximate surface area is 104 Å². The largest absolute Gasteiger partial charge is 0.335 e. The van der Waals surface area contributed by atoms with Gasteiger partial charge in [0.05, 0.1) is 5.56 Å². The smallest absolute Gasteiger partial charge is 0.256 e. The normalized spacial score (nSPS) is 21.1. The molecule has 0 atom stereocenters. The zero-order valence-corrected chi connectivity index (χ0v) is 9.88. The molecular formula is C13H14F2N2O. The molecule has 1 aliphatic heterocycles. The molecule has 1 saturated carbocycles. The summed E-state index contributed by atoms with van der Waals surface area (Å²) in [6.45, 7) is 1.91. The second-order valence-corrected chi connectivity index (χ2v) is 5.06. The van der Waals surface area contributed by atoms with Crippen LogP contribution in [0.15, 0.2) is 18.2 Å². The first-order chi connectivity index (χ1) is 8.60. The second-order valence-electron chi connectivity index (χ2n) is 5.06. The summed E-state index contributed by atoms with van der Waals surface area (Å²) in [4.78, 5) is 13.8. The molecule has 0 unspecified atom stereocenters. The van der Waals surface area contributed by atoms with Crippen molar-refractivity contribution < 1.29 is 13.6 Å². The molecule has 2 fully saturated rings. The van der Waals surface area contributed by atoms with Gasteiger partial charge in [-0.25, -0.2) is 8.78 Å². The van der Waals surface area contributed by atoms with Gasteiger partial charge in [0.15, 0.2) is 0 Å². The van der Waals surface area contributed by atoms with E-state index in [0.29, 0.717) is 13.1 Å². The highest BCUT2D eigenvalue weighted by Gasteiger charge is 2.46. The van der Waals surface area contributed by atoms with Gasteiger partial charge in [-0.15, -0.1) is 0 Å². The molecule has 5 heteroatoms. The molecule has 1 aromatic rings. The number of carbonyl (C=O) groups is 1. The Kier molecular flexibility index (Phi) is 2.59. The van der Waals surface area contributed by atoms with Gasteiger partial charge in [0.1, 0.15) is 11.6 Å². The number of piperazine rings is 1. The van der Waals surface area contributed by atoms with E-state index in [1.807, 2.05) is 0 Å². The van der Waals surface area contributed by atoms with Gasteiger partial charge < -0.3 is 10.2 Å². The monoisotopic (exact) mass is 252 g/mol. The lowest BCUT2D eigenvalue weighted by atomic mass is 10.1. The van der Waals surface area contributed by atoms with Crippen LogP contribution in [0.3, 0.4) is 0 Å². The summed E-state index contributed by atoms with van der Waals surface area (Å²) in [5.41, 5.74) is 0.0128. The first-order valence-corrected chi connectivity index (χ1v) is 6.09. The van der Waals surface area contributed by atoms with Gasteiger partial charge in [0.2, 0.25) is 0 Å². The average molecular weight is 252 g/mol. The van der Waals surface area contributed by atoms with Gasteiger partial charge in [-0.05, 0) is 25.0 Å². The minimum atomic E-state index is -0.789. The number of nitrogens with zero attached hydrogens (tertiary/aromatic N) is 1. The highest BCUT2D eigenvalue weighted by Crippen LogP contribution is 2.37. The van der Waals surface area contributed by atoms with Crippen LogP contribution in [0.2, 0.25) is 0 Å². The Bertz CT molecular complexity index is 500. The Morgan fingerprint density at radius 3 is 2.78 bits per heavy atom. The number of amides is 1. The lowest BCUT2D eigenvalue weighted by Crippen LogP contribution is -2.54. The molecule has 1 aliphatic carbocycles. The minimum Gasteiger partial charge on any atom is -0.335 e. The number of halogens is 2. The van der Waals surface area contributed by atoms with E-state index in [-0.39, 0.29) is 17.0 Å². The van der Waals surface area contributed by atoms with E-state index in [0.717, 1.165) is 31.5 Å². The summed E-state index contributed by atoms with van der Waals surface area (Å²) < 4.78 is 26.4. The van der Waals surface area contributed by atoms with E-state index in [2.05, 4.69) is 5.32 Å². The van der Waals surface area contributed by atoms with E-state index in [4.69, 9.17) is 0 Å². The van der Waals surface area contributed by atoms with Gasteiger partial charge in [-0.2, -0.15) is 0 Å². The van der Waals surface area contributed by atoms with Crippen molar-refractivity contribution in [3.8, 4) is 0 Å². The maximum Gasteiger partial charge on any atom is 0.256 e. The lowest BCUT2D eigenvalue weighted by molar-refractivity contribution is 0.0686. The number of nitrogens with one attached hydrogen (secondary N) is 1. The third-order valence-corrected chi connectivity index (χ3v) is 3.68. The Balaban J connectivity index is 1.81. The van der Waals surface area contributed by atoms with E-state index < -0.39 is 11.6 Å². The van der Waals surface area contributed by atoms with Crippen molar-refractivity contribution in [2.45, 2.75) is 18.4 Å².